The monoisotopic (exact) mass is 204 g/mol. The molecule has 0 fully saturated rings. The van der Waals surface area contributed by atoms with E-state index in [9.17, 15) is 4.79 Å². The maximum atomic E-state index is 11.3. The average Bonchev–Trinajstić information content (AvgIpc) is 2.62. The summed E-state index contributed by atoms with van der Waals surface area (Å²) in [6.45, 7) is 2.47. The minimum atomic E-state index is -0.219. The molecule has 2 aromatic rings. The molecule has 2 N–H and O–H groups in total. The number of hydrogen-bond acceptors (Lipinski definition) is 2. The van der Waals surface area contributed by atoms with Gasteiger partial charge in [-0.1, -0.05) is 6.07 Å². The average molecular weight is 204 g/mol. The maximum absolute atomic E-state index is 11.3. The van der Waals surface area contributed by atoms with Crippen molar-refractivity contribution < 1.29 is 4.79 Å². The number of anilines is 1. The largest absolute Gasteiger partial charge is 0.338 e. The van der Waals surface area contributed by atoms with Crippen LogP contribution < -0.4 is 10.6 Å². The van der Waals surface area contributed by atoms with Gasteiger partial charge in [0.25, 0.3) is 0 Å². The van der Waals surface area contributed by atoms with Crippen LogP contribution >= 0.6 is 0 Å². The molecule has 0 radical (unpaired) electrons. The van der Waals surface area contributed by atoms with Crippen LogP contribution in [0, 0.1) is 0 Å². The summed E-state index contributed by atoms with van der Waals surface area (Å²) in [4.78, 5) is 15.4. The van der Waals surface area contributed by atoms with Gasteiger partial charge in [0, 0.05) is 12.7 Å². The van der Waals surface area contributed by atoms with Crippen LogP contribution in [0.1, 0.15) is 6.92 Å². The van der Waals surface area contributed by atoms with Gasteiger partial charge in [-0.15, -0.1) is 0 Å². The van der Waals surface area contributed by atoms with Crippen LogP contribution in [-0.4, -0.2) is 22.0 Å². The minimum Gasteiger partial charge on any atom is -0.338 e. The predicted molar refractivity (Wildman–Crippen MR) is 57.9 cm³/mol. The summed E-state index contributed by atoms with van der Waals surface area (Å²) >= 11 is 0. The fraction of sp³-hybridized carbons (Fsp3) is 0.200. The lowest BCUT2D eigenvalue weighted by atomic mass is 10.5. The van der Waals surface area contributed by atoms with Gasteiger partial charge in [0.2, 0.25) is 0 Å². The Balaban J connectivity index is 2.25. The molecular weight excluding hydrogens is 192 g/mol. The molecule has 2 aromatic heterocycles. The molecule has 0 aliphatic carbocycles. The third-order valence-electron chi connectivity index (χ3n) is 2.00. The Bertz CT molecular complexity index is 477. The first-order valence-electron chi connectivity index (χ1n) is 4.78. The van der Waals surface area contributed by atoms with E-state index in [4.69, 9.17) is 0 Å². The van der Waals surface area contributed by atoms with Gasteiger partial charge < -0.3 is 5.32 Å². The van der Waals surface area contributed by atoms with E-state index >= 15 is 0 Å². The normalized spacial score (nSPS) is 10.2. The SMILES string of the molecule is CCNC(=O)Nc1cnc2ccccn12. The van der Waals surface area contributed by atoms with Crippen molar-refractivity contribution in [2.75, 3.05) is 11.9 Å². The van der Waals surface area contributed by atoms with E-state index in [1.54, 1.807) is 6.20 Å². The number of rotatable bonds is 2. The van der Waals surface area contributed by atoms with Crippen LogP contribution in [0.25, 0.3) is 5.65 Å². The number of carbonyl (C=O) groups is 1. The van der Waals surface area contributed by atoms with Gasteiger partial charge in [-0.25, -0.2) is 9.78 Å². The number of urea groups is 1. The van der Waals surface area contributed by atoms with Crippen LogP contribution in [-0.2, 0) is 0 Å². The van der Waals surface area contributed by atoms with Crippen LogP contribution in [0.2, 0.25) is 0 Å². The molecule has 5 heteroatoms. The zero-order chi connectivity index (χ0) is 10.7. The fourth-order valence-electron chi connectivity index (χ4n) is 1.35. The van der Waals surface area contributed by atoms with Gasteiger partial charge in [-0.05, 0) is 19.1 Å². The van der Waals surface area contributed by atoms with Crippen LogP contribution in [0.4, 0.5) is 10.6 Å². The van der Waals surface area contributed by atoms with E-state index in [0.717, 1.165) is 5.65 Å². The van der Waals surface area contributed by atoms with Crippen LogP contribution in [0.5, 0.6) is 0 Å². The molecule has 2 heterocycles. The molecule has 0 saturated heterocycles. The number of pyridine rings is 1. The zero-order valence-electron chi connectivity index (χ0n) is 8.40. The van der Waals surface area contributed by atoms with Gasteiger partial charge in [0.15, 0.2) is 0 Å². The number of carbonyl (C=O) groups excluding carboxylic acids is 1. The molecule has 0 aliphatic rings. The fourth-order valence-corrected chi connectivity index (χ4v) is 1.35. The van der Waals surface area contributed by atoms with E-state index in [-0.39, 0.29) is 6.03 Å². The topological polar surface area (TPSA) is 58.4 Å². The number of fused-ring (bicyclic) bond motifs is 1. The molecule has 0 bridgehead atoms. The Hall–Kier alpha value is -2.04. The summed E-state index contributed by atoms with van der Waals surface area (Å²) in [6, 6.07) is 5.45. The molecule has 0 atom stereocenters. The lowest BCUT2D eigenvalue weighted by molar-refractivity contribution is 0.252. The van der Waals surface area contributed by atoms with E-state index in [1.165, 1.54) is 0 Å². The van der Waals surface area contributed by atoms with Crippen LogP contribution in [0.15, 0.2) is 30.6 Å². The van der Waals surface area contributed by atoms with Crippen molar-refractivity contribution in [1.82, 2.24) is 14.7 Å². The first-order chi connectivity index (χ1) is 7.31. The van der Waals surface area contributed by atoms with E-state index < -0.39 is 0 Å². The number of nitrogens with zero attached hydrogens (tertiary/aromatic N) is 2. The van der Waals surface area contributed by atoms with Crippen molar-refractivity contribution in [2.24, 2.45) is 0 Å². The third kappa shape index (κ3) is 1.90. The number of hydrogen-bond donors (Lipinski definition) is 2. The molecule has 0 aliphatic heterocycles. The number of aromatic nitrogens is 2. The van der Waals surface area contributed by atoms with E-state index in [1.807, 2.05) is 35.7 Å². The van der Waals surface area contributed by atoms with Gasteiger partial charge in [-0.2, -0.15) is 0 Å². The molecule has 5 nitrogen and oxygen atoms in total. The van der Waals surface area contributed by atoms with Gasteiger partial charge >= 0.3 is 6.03 Å². The Kier molecular flexibility index (Phi) is 2.53. The second-order valence-corrected chi connectivity index (χ2v) is 3.06. The highest BCUT2D eigenvalue weighted by molar-refractivity contribution is 5.88. The Labute approximate surface area is 87.1 Å². The van der Waals surface area contributed by atoms with Gasteiger partial charge in [-0.3, -0.25) is 9.72 Å². The molecule has 0 saturated carbocycles. The summed E-state index contributed by atoms with van der Waals surface area (Å²) in [5, 5.41) is 5.37. The van der Waals surface area contributed by atoms with Crippen molar-refractivity contribution >= 4 is 17.5 Å². The predicted octanol–water partition coefficient (Wildman–Crippen LogP) is 1.48. The highest BCUT2D eigenvalue weighted by Gasteiger charge is 2.04. The standard InChI is InChI=1S/C10H12N4O/c1-2-11-10(15)13-9-7-12-8-5-3-4-6-14(8)9/h3-7H,2H2,1H3,(H2,11,13,15). The highest BCUT2D eigenvalue weighted by atomic mass is 16.2. The van der Waals surface area contributed by atoms with E-state index in [0.29, 0.717) is 12.4 Å². The summed E-state index contributed by atoms with van der Waals surface area (Å²) in [5.41, 5.74) is 0.810. The quantitative estimate of drug-likeness (QED) is 0.778. The molecule has 0 spiro atoms. The Morgan fingerprint density at radius 3 is 3.20 bits per heavy atom. The first kappa shape index (κ1) is 9.51. The molecule has 0 unspecified atom stereocenters. The number of imidazole rings is 1. The summed E-state index contributed by atoms with van der Waals surface area (Å²) in [7, 11) is 0. The van der Waals surface area contributed by atoms with Crippen molar-refractivity contribution in [3.63, 3.8) is 0 Å². The lowest BCUT2D eigenvalue weighted by Crippen LogP contribution is -2.28. The minimum absolute atomic E-state index is 0.219. The lowest BCUT2D eigenvalue weighted by Gasteiger charge is -2.04. The summed E-state index contributed by atoms with van der Waals surface area (Å²) < 4.78 is 1.81. The zero-order valence-corrected chi connectivity index (χ0v) is 8.40. The first-order valence-corrected chi connectivity index (χ1v) is 4.78. The summed E-state index contributed by atoms with van der Waals surface area (Å²) in [5.74, 6) is 0.663. The van der Waals surface area contributed by atoms with Crippen molar-refractivity contribution in [3.8, 4) is 0 Å². The Morgan fingerprint density at radius 2 is 2.40 bits per heavy atom. The summed E-state index contributed by atoms with van der Waals surface area (Å²) in [6.07, 6.45) is 3.48. The second-order valence-electron chi connectivity index (χ2n) is 3.06. The molecule has 78 valence electrons. The van der Waals surface area contributed by atoms with Crippen molar-refractivity contribution in [3.05, 3.63) is 30.6 Å². The van der Waals surface area contributed by atoms with Crippen molar-refractivity contribution in [1.29, 1.82) is 0 Å². The Morgan fingerprint density at radius 1 is 1.53 bits per heavy atom. The highest BCUT2D eigenvalue weighted by Crippen LogP contribution is 2.10. The van der Waals surface area contributed by atoms with Gasteiger partial charge in [0.1, 0.15) is 11.5 Å². The number of nitrogens with one attached hydrogen (secondary N) is 2. The number of amides is 2. The van der Waals surface area contributed by atoms with Gasteiger partial charge in [0.05, 0.1) is 6.20 Å². The van der Waals surface area contributed by atoms with Crippen molar-refractivity contribution in [2.45, 2.75) is 6.92 Å². The molecule has 2 amide bonds. The maximum Gasteiger partial charge on any atom is 0.320 e. The molecular formula is C10H12N4O. The van der Waals surface area contributed by atoms with Crippen LogP contribution in [0.3, 0.4) is 0 Å². The van der Waals surface area contributed by atoms with E-state index in [2.05, 4.69) is 15.6 Å². The molecule has 0 aromatic carbocycles. The molecule has 2 rings (SSSR count). The smallest absolute Gasteiger partial charge is 0.320 e. The second kappa shape index (κ2) is 4.00. The molecule has 15 heavy (non-hydrogen) atoms. The third-order valence-corrected chi connectivity index (χ3v) is 2.00.